The van der Waals surface area contributed by atoms with Gasteiger partial charge in [0.05, 0.1) is 16.9 Å². The van der Waals surface area contributed by atoms with E-state index in [1.165, 1.54) is 6.07 Å². The molecule has 0 fully saturated rings. The predicted molar refractivity (Wildman–Crippen MR) is 78.3 cm³/mol. The Kier molecular flexibility index (Phi) is 4.15. The first kappa shape index (κ1) is 15.0. The van der Waals surface area contributed by atoms with Gasteiger partial charge in [-0.1, -0.05) is 27.5 Å². The highest BCUT2D eigenvalue weighted by atomic mass is 79.9. The lowest BCUT2D eigenvalue weighted by Crippen LogP contribution is -2.06. The van der Waals surface area contributed by atoms with Crippen LogP contribution in [-0.4, -0.2) is 0 Å². The summed E-state index contributed by atoms with van der Waals surface area (Å²) in [5, 5.41) is 2.82. The van der Waals surface area contributed by atoms with Crippen molar-refractivity contribution < 1.29 is 13.2 Å². The molecular formula is C13H9BrClF3N2. The van der Waals surface area contributed by atoms with Crippen LogP contribution in [0.5, 0.6) is 0 Å². The molecule has 2 rings (SSSR count). The second-order valence-electron chi connectivity index (χ2n) is 4.08. The Bertz CT molecular complexity index is 644. The standard InChI is InChI=1S/C13H9BrClF3N2/c14-8-1-2-12(11(19)5-8)20-10-4-7(13(16,17)18)3-9(15)6-10/h1-6,20H,19H2. The molecular weight excluding hydrogens is 357 g/mol. The van der Waals surface area contributed by atoms with Gasteiger partial charge in [0.1, 0.15) is 0 Å². The fourth-order valence-electron chi connectivity index (χ4n) is 1.63. The minimum absolute atomic E-state index is 0.00184. The molecule has 0 aromatic heterocycles. The summed E-state index contributed by atoms with van der Waals surface area (Å²) >= 11 is 8.96. The molecule has 2 aromatic rings. The molecule has 0 spiro atoms. The summed E-state index contributed by atoms with van der Waals surface area (Å²) in [6.45, 7) is 0. The Morgan fingerprint density at radius 1 is 1.10 bits per heavy atom. The van der Waals surface area contributed by atoms with Crippen LogP contribution in [0, 0.1) is 0 Å². The van der Waals surface area contributed by atoms with E-state index in [0.717, 1.165) is 16.6 Å². The van der Waals surface area contributed by atoms with Gasteiger partial charge in [0.2, 0.25) is 0 Å². The van der Waals surface area contributed by atoms with Gasteiger partial charge in [0.15, 0.2) is 0 Å². The number of benzene rings is 2. The molecule has 0 aliphatic carbocycles. The Morgan fingerprint density at radius 2 is 1.80 bits per heavy atom. The van der Waals surface area contributed by atoms with Crippen LogP contribution in [-0.2, 0) is 6.18 Å². The molecule has 2 nitrogen and oxygen atoms in total. The average Bonchev–Trinajstić information content (AvgIpc) is 2.31. The van der Waals surface area contributed by atoms with Gasteiger partial charge in [0.25, 0.3) is 0 Å². The van der Waals surface area contributed by atoms with Gasteiger partial charge in [-0.05, 0) is 36.4 Å². The molecule has 0 unspecified atom stereocenters. The van der Waals surface area contributed by atoms with Crippen molar-refractivity contribution in [3.8, 4) is 0 Å². The monoisotopic (exact) mass is 364 g/mol. The van der Waals surface area contributed by atoms with Crippen LogP contribution in [0.3, 0.4) is 0 Å². The number of rotatable bonds is 2. The summed E-state index contributed by atoms with van der Waals surface area (Å²) in [6.07, 6.45) is -4.45. The fraction of sp³-hybridized carbons (Fsp3) is 0.0769. The number of anilines is 3. The van der Waals surface area contributed by atoms with E-state index < -0.39 is 11.7 Å². The Morgan fingerprint density at radius 3 is 2.40 bits per heavy atom. The topological polar surface area (TPSA) is 38.0 Å². The van der Waals surface area contributed by atoms with E-state index in [1.807, 2.05) is 0 Å². The number of nitrogens with one attached hydrogen (secondary N) is 1. The third-order valence-corrected chi connectivity index (χ3v) is 3.23. The maximum absolute atomic E-state index is 12.7. The molecule has 0 heterocycles. The molecule has 0 amide bonds. The normalized spacial score (nSPS) is 11.4. The minimum Gasteiger partial charge on any atom is -0.397 e. The molecule has 3 N–H and O–H groups in total. The van der Waals surface area contributed by atoms with Crippen molar-refractivity contribution >= 4 is 44.6 Å². The second-order valence-corrected chi connectivity index (χ2v) is 5.44. The molecule has 0 aliphatic rings. The predicted octanol–water partition coefficient (Wildman–Crippen LogP) is 5.45. The van der Waals surface area contributed by atoms with Crippen LogP contribution in [0.25, 0.3) is 0 Å². The number of nitrogen functional groups attached to an aromatic ring is 1. The van der Waals surface area contributed by atoms with Crippen LogP contribution >= 0.6 is 27.5 Å². The Balaban J connectivity index is 2.36. The number of halogens is 5. The van der Waals surface area contributed by atoms with E-state index in [2.05, 4.69) is 21.2 Å². The number of hydrogen-bond donors (Lipinski definition) is 2. The quantitative estimate of drug-likeness (QED) is 0.695. The molecule has 2 aromatic carbocycles. The minimum atomic E-state index is -4.45. The van der Waals surface area contributed by atoms with Crippen molar-refractivity contribution in [1.29, 1.82) is 0 Å². The van der Waals surface area contributed by atoms with Crippen molar-refractivity contribution in [3.05, 3.63) is 51.5 Å². The van der Waals surface area contributed by atoms with Gasteiger partial charge in [-0.2, -0.15) is 13.2 Å². The van der Waals surface area contributed by atoms with Crippen LogP contribution in [0.4, 0.5) is 30.2 Å². The zero-order chi connectivity index (χ0) is 14.9. The first-order valence-corrected chi connectivity index (χ1v) is 6.62. The smallest absolute Gasteiger partial charge is 0.397 e. The molecule has 0 saturated carbocycles. The maximum Gasteiger partial charge on any atom is 0.416 e. The summed E-state index contributed by atoms with van der Waals surface area (Å²) in [4.78, 5) is 0. The van der Waals surface area contributed by atoms with Crippen molar-refractivity contribution in [2.24, 2.45) is 0 Å². The molecule has 20 heavy (non-hydrogen) atoms. The van der Waals surface area contributed by atoms with Gasteiger partial charge in [-0.25, -0.2) is 0 Å². The van der Waals surface area contributed by atoms with E-state index in [-0.39, 0.29) is 10.7 Å². The zero-order valence-electron chi connectivity index (χ0n) is 9.93. The number of alkyl halides is 3. The van der Waals surface area contributed by atoms with Gasteiger partial charge >= 0.3 is 6.18 Å². The zero-order valence-corrected chi connectivity index (χ0v) is 12.3. The van der Waals surface area contributed by atoms with Gasteiger partial charge < -0.3 is 11.1 Å². The highest BCUT2D eigenvalue weighted by Gasteiger charge is 2.31. The summed E-state index contributed by atoms with van der Waals surface area (Å²) in [5.74, 6) is 0. The highest BCUT2D eigenvalue weighted by Crippen LogP contribution is 2.35. The average molecular weight is 366 g/mol. The summed E-state index contributed by atoms with van der Waals surface area (Å²) in [5.41, 5.74) is 6.10. The van der Waals surface area contributed by atoms with Gasteiger partial charge in [0, 0.05) is 15.2 Å². The van der Waals surface area contributed by atoms with Gasteiger partial charge in [-0.15, -0.1) is 0 Å². The summed E-state index contributed by atoms with van der Waals surface area (Å²) in [6, 6.07) is 8.29. The van der Waals surface area contributed by atoms with Crippen LogP contribution in [0.15, 0.2) is 40.9 Å². The molecule has 0 saturated heterocycles. The van der Waals surface area contributed by atoms with E-state index in [9.17, 15) is 13.2 Å². The van der Waals surface area contributed by atoms with Crippen LogP contribution in [0.2, 0.25) is 5.02 Å². The summed E-state index contributed by atoms with van der Waals surface area (Å²) < 4.78 is 38.9. The van der Waals surface area contributed by atoms with Crippen molar-refractivity contribution in [1.82, 2.24) is 0 Å². The SMILES string of the molecule is Nc1cc(Br)ccc1Nc1cc(Cl)cc(C(F)(F)F)c1. The van der Waals surface area contributed by atoms with Crippen molar-refractivity contribution in [3.63, 3.8) is 0 Å². The highest BCUT2D eigenvalue weighted by molar-refractivity contribution is 9.10. The first-order chi connectivity index (χ1) is 9.25. The number of hydrogen-bond acceptors (Lipinski definition) is 2. The second kappa shape index (κ2) is 5.54. The molecule has 0 atom stereocenters. The van der Waals surface area contributed by atoms with Crippen molar-refractivity contribution in [2.75, 3.05) is 11.1 Å². The van der Waals surface area contributed by atoms with Crippen molar-refractivity contribution in [2.45, 2.75) is 6.18 Å². The maximum atomic E-state index is 12.7. The lowest BCUT2D eigenvalue weighted by Gasteiger charge is -2.13. The van der Waals surface area contributed by atoms with Gasteiger partial charge in [-0.3, -0.25) is 0 Å². The summed E-state index contributed by atoms with van der Waals surface area (Å²) in [7, 11) is 0. The third kappa shape index (κ3) is 3.58. The molecule has 106 valence electrons. The van der Waals surface area contributed by atoms with Crippen LogP contribution in [0.1, 0.15) is 5.56 Å². The molecule has 0 bridgehead atoms. The van der Waals surface area contributed by atoms with E-state index in [1.54, 1.807) is 18.2 Å². The first-order valence-electron chi connectivity index (χ1n) is 5.45. The Labute approximate surface area is 126 Å². The third-order valence-electron chi connectivity index (χ3n) is 2.52. The lowest BCUT2D eigenvalue weighted by atomic mass is 10.2. The Hall–Kier alpha value is -1.40. The largest absolute Gasteiger partial charge is 0.416 e. The van der Waals surface area contributed by atoms with Crippen LogP contribution < -0.4 is 11.1 Å². The fourth-order valence-corrected chi connectivity index (χ4v) is 2.24. The molecule has 7 heteroatoms. The van der Waals surface area contributed by atoms with E-state index in [0.29, 0.717) is 11.4 Å². The van der Waals surface area contributed by atoms with E-state index >= 15 is 0 Å². The number of nitrogens with two attached hydrogens (primary N) is 1. The molecule has 0 radical (unpaired) electrons. The lowest BCUT2D eigenvalue weighted by molar-refractivity contribution is -0.137. The van der Waals surface area contributed by atoms with E-state index in [4.69, 9.17) is 17.3 Å². The molecule has 0 aliphatic heterocycles.